The third kappa shape index (κ3) is 3.57. The Morgan fingerprint density at radius 2 is 1.56 bits per heavy atom. The summed E-state index contributed by atoms with van der Waals surface area (Å²) < 4.78 is 6.11. The van der Waals surface area contributed by atoms with Gasteiger partial charge in [0.2, 0.25) is 0 Å². The van der Waals surface area contributed by atoms with E-state index in [2.05, 4.69) is 84.3 Å². The largest absolute Gasteiger partial charge is 0.483 e. The number of piperazine rings is 1. The lowest BCUT2D eigenvalue weighted by Crippen LogP contribution is -2.47. The fraction of sp³-hybridized carbons (Fsp3) is 0.364. The molecule has 2 aliphatic rings. The number of hydrogen-bond acceptors (Lipinski definition) is 3. The van der Waals surface area contributed by atoms with Crippen LogP contribution in [0.2, 0.25) is 0 Å². The molecule has 0 atom stereocenters. The average molecular weight is 334 g/mol. The molecule has 2 aromatic carbocycles. The summed E-state index contributed by atoms with van der Waals surface area (Å²) in [6.07, 6.45) is 2.29. The molecule has 2 aromatic rings. The first-order chi connectivity index (χ1) is 12.1. The quantitative estimate of drug-likeness (QED) is 0.842. The summed E-state index contributed by atoms with van der Waals surface area (Å²) in [5.41, 5.74) is 3.72. The van der Waals surface area contributed by atoms with E-state index in [-0.39, 0.29) is 5.60 Å². The summed E-state index contributed by atoms with van der Waals surface area (Å²) in [5, 5.41) is 0. The van der Waals surface area contributed by atoms with Gasteiger partial charge in [0.1, 0.15) is 11.4 Å². The normalized spacial score (nSPS) is 19.8. The number of hydrogen-bond donors (Lipinski definition) is 0. The highest BCUT2D eigenvalue weighted by molar-refractivity contribution is 5.74. The van der Waals surface area contributed by atoms with Gasteiger partial charge in [-0.3, -0.25) is 4.90 Å². The SMILES string of the molecule is CC1(C)C=C(CN2CCN(c3ccccc3)CC2)c2ccccc2O1. The number of para-hydroxylation sites is 2. The lowest BCUT2D eigenvalue weighted by atomic mass is 9.94. The molecule has 0 N–H and O–H groups in total. The minimum Gasteiger partial charge on any atom is -0.483 e. The van der Waals surface area contributed by atoms with Gasteiger partial charge in [-0.25, -0.2) is 0 Å². The van der Waals surface area contributed by atoms with Crippen molar-refractivity contribution in [2.75, 3.05) is 37.6 Å². The Morgan fingerprint density at radius 1 is 0.880 bits per heavy atom. The lowest BCUT2D eigenvalue weighted by molar-refractivity contribution is 0.156. The Labute approximate surface area is 150 Å². The van der Waals surface area contributed by atoms with Crippen LogP contribution in [0.5, 0.6) is 5.75 Å². The topological polar surface area (TPSA) is 15.7 Å². The van der Waals surface area contributed by atoms with Crippen molar-refractivity contribution < 1.29 is 4.74 Å². The molecule has 0 aromatic heterocycles. The van der Waals surface area contributed by atoms with Crippen molar-refractivity contribution in [3.63, 3.8) is 0 Å². The molecule has 0 saturated carbocycles. The molecule has 0 radical (unpaired) electrons. The summed E-state index contributed by atoms with van der Waals surface area (Å²) in [7, 11) is 0. The van der Waals surface area contributed by atoms with Gasteiger partial charge in [-0.2, -0.15) is 0 Å². The highest BCUT2D eigenvalue weighted by Crippen LogP contribution is 2.36. The van der Waals surface area contributed by atoms with Crippen molar-refractivity contribution in [2.45, 2.75) is 19.4 Å². The number of rotatable bonds is 3. The van der Waals surface area contributed by atoms with E-state index in [1.54, 1.807) is 0 Å². The summed E-state index contributed by atoms with van der Waals surface area (Å²) in [4.78, 5) is 5.04. The summed E-state index contributed by atoms with van der Waals surface area (Å²) in [6.45, 7) is 9.61. The van der Waals surface area contributed by atoms with Crippen molar-refractivity contribution in [3.8, 4) is 5.75 Å². The minimum absolute atomic E-state index is 0.241. The van der Waals surface area contributed by atoms with Crippen LogP contribution in [0.1, 0.15) is 19.4 Å². The van der Waals surface area contributed by atoms with Crippen molar-refractivity contribution >= 4 is 11.3 Å². The van der Waals surface area contributed by atoms with Gasteiger partial charge in [0.25, 0.3) is 0 Å². The van der Waals surface area contributed by atoms with Crippen molar-refractivity contribution in [1.82, 2.24) is 4.90 Å². The van der Waals surface area contributed by atoms with E-state index >= 15 is 0 Å². The molecule has 2 aliphatic heterocycles. The van der Waals surface area contributed by atoms with Crippen LogP contribution >= 0.6 is 0 Å². The van der Waals surface area contributed by atoms with Gasteiger partial charge >= 0.3 is 0 Å². The van der Waals surface area contributed by atoms with Crippen molar-refractivity contribution in [2.24, 2.45) is 0 Å². The monoisotopic (exact) mass is 334 g/mol. The van der Waals surface area contributed by atoms with Gasteiger partial charge in [-0.1, -0.05) is 36.4 Å². The van der Waals surface area contributed by atoms with E-state index in [0.29, 0.717) is 0 Å². The molecule has 0 aliphatic carbocycles. The van der Waals surface area contributed by atoms with Gasteiger partial charge < -0.3 is 9.64 Å². The van der Waals surface area contributed by atoms with Crippen LogP contribution < -0.4 is 9.64 Å². The first kappa shape index (κ1) is 16.2. The second-order valence-corrected chi connectivity index (χ2v) is 7.47. The van der Waals surface area contributed by atoms with Crippen LogP contribution in [-0.2, 0) is 0 Å². The van der Waals surface area contributed by atoms with Crippen LogP contribution in [0.25, 0.3) is 5.57 Å². The fourth-order valence-electron chi connectivity index (χ4n) is 3.81. The van der Waals surface area contributed by atoms with Crippen LogP contribution in [0, 0.1) is 0 Å². The van der Waals surface area contributed by atoms with Gasteiger partial charge in [-0.15, -0.1) is 0 Å². The third-order valence-electron chi connectivity index (χ3n) is 5.02. The zero-order valence-electron chi connectivity index (χ0n) is 15.1. The predicted octanol–water partition coefficient (Wildman–Crippen LogP) is 4.06. The Hall–Kier alpha value is -2.26. The molecule has 0 amide bonds. The van der Waals surface area contributed by atoms with E-state index in [9.17, 15) is 0 Å². The Kier molecular flexibility index (Phi) is 4.26. The Balaban J connectivity index is 1.45. The zero-order chi connectivity index (χ0) is 17.3. The Bertz CT molecular complexity index is 759. The second kappa shape index (κ2) is 6.57. The second-order valence-electron chi connectivity index (χ2n) is 7.47. The number of ether oxygens (including phenoxy) is 1. The molecule has 2 heterocycles. The lowest BCUT2D eigenvalue weighted by Gasteiger charge is -2.38. The zero-order valence-corrected chi connectivity index (χ0v) is 15.1. The van der Waals surface area contributed by atoms with Crippen LogP contribution in [0.4, 0.5) is 5.69 Å². The molecule has 0 spiro atoms. The molecule has 0 unspecified atom stereocenters. The van der Waals surface area contributed by atoms with Crippen molar-refractivity contribution in [1.29, 1.82) is 0 Å². The molecular weight excluding hydrogens is 308 g/mol. The van der Waals surface area contributed by atoms with E-state index in [1.807, 2.05) is 0 Å². The first-order valence-electron chi connectivity index (χ1n) is 9.13. The molecule has 3 heteroatoms. The van der Waals surface area contributed by atoms with Crippen LogP contribution in [0.3, 0.4) is 0 Å². The van der Waals surface area contributed by atoms with Gasteiger partial charge in [0.05, 0.1) is 0 Å². The van der Waals surface area contributed by atoms with Gasteiger partial charge in [0, 0.05) is 44.0 Å². The van der Waals surface area contributed by atoms with E-state index in [1.165, 1.54) is 16.8 Å². The van der Waals surface area contributed by atoms with E-state index in [4.69, 9.17) is 4.74 Å². The number of anilines is 1. The van der Waals surface area contributed by atoms with E-state index < -0.39 is 0 Å². The van der Waals surface area contributed by atoms with Gasteiger partial charge in [-0.05, 0) is 43.7 Å². The maximum Gasteiger partial charge on any atom is 0.128 e. The minimum atomic E-state index is -0.241. The highest BCUT2D eigenvalue weighted by Gasteiger charge is 2.27. The predicted molar refractivity (Wildman–Crippen MR) is 104 cm³/mol. The Morgan fingerprint density at radius 3 is 2.32 bits per heavy atom. The summed E-state index contributed by atoms with van der Waals surface area (Å²) in [6, 6.07) is 19.1. The molecule has 0 bridgehead atoms. The molecule has 3 nitrogen and oxygen atoms in total. The molecular formula is C22H26N2O. The smallest absolute Gasteiger partial charge is 0.128 e. The number of nitrogens with zero attached hydrogens (tertiary/aromatic N) is 2. The molecule has 25 heavy (non-hydrogen) atoms. The average Bonchev–Trinajstić information content (AvgIpc) is 2.62. The third-order valence-corrected chi connectivity index (χ3v) is 5.02. The van der Waals surface area contributed by atoms with Gasteiger partial charge in [0.15, 0.2) is 0 Å². The first-order valence-corrected chi connectivity index (χ1v) is 9.13. The number of benzene rings is 2. The maximum atomic E-state index is 6.11. The standard InChI is InChI=1S/C22H26N2O/c1-22(2)16-18(20-10-6-7-11-21(20)25-22)17-23-12-14-24(15-13-23)19-8-4-3-5-9-19/h3-11,16H,12-15,17H2,1-2H3. The maximum absolute atomic E-state index is 6.11. The molecule has 4 rings (SSSR count). The summed E-state index contributed by atoms with van der Waals surface area (Å²) in [5.74, 6) is 1.01. The van der Waals surface area contributed by atoms with Crippen molar-refractivity contribution in [3.05, 3.63) is 66.2 Å². The molecule has 1 saturated heterocycles. The number of fused-ring (bicyclic) bond motifs is 1. The summed E-state index contributed by atoms with van der Waals surface area (Å²) >= 11 is 0. The van der Waals surface area contributed by atoms with Crippen LogP contribution in [0.15, 0.2) is 60.7 Å². The molecule has 1 fully saturated rings. The van der Waals surface area contributed by atoms with Crippen LogP contribution in [-0.4, -0.2) is 43.2 Å². The molecule has 130 valence electrons. The fourth-order valence-corrected chi connectivity index (χ4v) is 3.81. The highest BCUT2D eigenvalue weighted by atomic mass is 16.5. The van der Waals surface area contributed by atoms with E-state index in [0.717, 1.165) is 38.5 Å².